The first-order chi connectivity index (χ1) is 15.3. The Labute approximate surface area is 187 Å². The van der Waals surface area contributed by atoms with Gasteiger partial charge in [0, 0.05) is 18.7 Å². The fourth-order valence-corrected chi connectivity index (χ4v) is 4.65. The Kier molecular flexibility index (Phi) is 6.34. The van der Waals surface area contributed by atoms with Crippen LogP contribution in [0.3, 0.4) is 0 Å². The number of amides is 1. The molecular weight excluding hydrogens is 442 g/mol. The van der Waals surface area contributed by atoms with Crippen LogP contribution in [0.25, 0.3) is 0 Å². The van der Waals surface area contributed by atoms with Crippen LogP contribution in [0.1, 0.15) is 39.3 Å². The highest BCUT2D eigenvalue weighted by molar-refractivity contribution is 7.98. The van der Waals surface area contributed by atoms with Gasteiger partial charge in [-0.1, -0.05) is 6.07 Å². The minimum atomic E-state index is -0.937. The van der Waals surface area contributed by atoms with E-state index in [2.05, 4.69) is 0 Å². The van der Waals surface area contributed by atoms with Gasteiger partial charge >= 0.3 is 0 Å². The third-order valence-electron chi connectivity index (χ3n) is 5.82. The van der Waals surface area contributed by atoms with Crippen molar-refractivity contribution in [3.8, 4) is 5.75 Å². The van der Waals surface area contributed by atoms with Gasteiger partial charge in [-0.05, 0) is 36.5 Å². The van der Waals surface area contributed by atoms with Gasteiger partial charge in [0.05, 0.1) is 24.8 Å². The first-order valence-electron chi connectivity index (χ1n) is 10.2. The summed E-state index contributed by atoms with van der Waals surface area (Å²) in [6.45, 7) is 0.545. The molecule has 2 aliphatic heterocycles. The summed E-state index contributed by atoms with van der Waals surface area (Å²) in [5.74, 6) is -2.55. The predicted molar refractivity (Wildman–Crippen MR) is 114 cm³/mol. The minimum Gasteiger partial charge on any atom is -0.503 e. The molecule has 1 saturated heterocycles. The normalized spacial score (nSPS) is 19.7. The van der Waals surface area contributed by atoms with E-state index in [0.29, 0.717) is 6.61 Å². The number of nitrogens with zero attached hydrogens (tertiary/aromatic N) is 2. The van der Waals surface area contributed by atoms with E-state index in [1.165, 1.54) is 16.8 Å². The zero-order chi connectivity index (χ0) is 23.0. The van der Waals surface area contributed by atoms with E-state index in [4.69, 9.17) is 4.74 Å². The number of benzene rings is 1. The lowest BCUT2D eigenvalue weighted by atomic mass is 10.0. The molecule has 1 amide bonds. The predicted octanol–water partition coefficient (Wildman–Crippen LogP) is 2.58. The minimum absolute atomic E-state index is 0.0392. The van der Waals surface area contributed by atoms with Crippen molar-refractivity contribution >= 4 is 23.5 Å². The molecule has 0 radical (unpaired) electrons. The number of carbonyl (C=O) groups excluding carboxylic acids is 2. The zero-order valence-corrected chi connectivity index (χ0v) is 18.2. The van der Waals surface area contributed by atoms with Crippen LogP contribution >= 0.6 is 11.8 Å². The Morgan fingerprint density at radius 3 is 2.81 bits per heavy atom. The third kappa shape index (κ3) is 4.04. The number of thioether (sulfide) groups is 1. The Morgan fingerprint density at radius 1 is 1.31 bits per heavy atom. The third-order valence-corrected chi connectivity index (χ3v) is 6.47. The molecule has 32 heavy (non-hydrogen) atoms. The number of fused-ring (bicyclic) bond motifs is 2. The number of ether oxygens (including phenoxy) is 1. The summed E-state index contributed by atoms with van der Waals surface area (Å²) in [6, 6.07) is 2.92. The number of aromatic nitrogens is 1. The highest BCUT2D eigenvalue weighted by Crippen LogP contribution is 2.31. The second-order valence-corrected chi connectivity index (χ2v) is 8.80. The van der Waals surface area contributed by atoms with Crippen molar-refractivity contribution in [2.24, 2.45) is 0 Å². The van der Waals surface area contributed by atoms with Crippen molar-refractivity contribution < 1.29 is 28.2 Å². The maximum absolute atomic E-state index is 13.8. The highest BCUT2D eigenvalue weighted by atomic mass is 32.2. The number of aryl methyl sites for hydroxylation is 1. The Hall–Kier alpha value is -2.72. The number of aromatic hydroxyl groups is 1. The standard InChI is InChI=1S/C22H22F2N2O5S/c1-32-7-6-14-11-31-18-10-25-9-15(20(28)21(29)19(25)22(30)26(14)18)17(27)5-3-12-2-4-13(23)8-16(12)24/h2,4,8-9,14,18,29H,3,5-7,10-11H2,1H3/t14-,18+/m0/s1. The van der Waals surface area contributed by atoms with Crippen molar-refractivity contribution in [1.82, 2.24) is 9.47 Å². The molecule has 4 rings (SSSR count). The van der Waals surface area contributed by atoms with Crippen molar-refractivity contribution in [3.63, 3.8) is 0 Å². The van der Waals surface area contributed by atoms with E-state index < -0.39 is 40.7 Å². The molecule has 0 aliphatic carbocycles. The number of carbonyl (C=O) groups is 2. The van der Waals surface area contributed by atoms with Crippen molar-refractivity contribution in [2.75, 3.05) is 18.6 Å². The highest BCUT2D eigenvalue weighted by Gasteiger charge is 2.44. The van der Waals surface area contributed by atoms with E-state index >= 15 is 0 Å². The summed E-state index contributed by atoms with van der Waals surface area (Å²) in [6.07, 6.45) is 3.16. The molecule has 2 aromatic rings. The molecule has 2 aliphatic rings. The monoisotopic (exact) mass is 464 g/mol. The maximum Gasteiger partial charge on any atom is 0.276 e. The first kappa shape index (κ1) is 22.5. The van der Waals surface area contributed by atoms with Gasteiger partial charge in [-0.15, -0.1) is 0 Å². The largest absolute Gasteiger partial charge is 0.503 e. The van der Waals surface area contributed by atoms with Gasteiger partial charge in [0.25, 0.3) is 5.91 Å². The molecule has 2 atom stereocenters. The fourth-order valence-electron chi connectivity index (χ4n) is 4.15. The quantitative estimate of drug-likeness (QED) is 0.634. The molecule has 0 saturated carbocycles. The number of hydrogen-bond acceptors (Lipinski definition) is 6. The van der Waals surface area contributed by atoms with E-state index in [1.54, 1.807) is 16.7 Å². The summed E-state index contributed by atoms with van der Waals surface area (Å²) in [7, 11) is 0. The fraction of sp³-hybridized carbons (Fsp3) is 0.409. The van der Waals surface area contributed by atoms with Gasteiger partial charge in [0.1, 0.15) is 11.6 Å². The van der Waals surface area contributed by atoms with Crippen molar-refractivity contribution in [1.29, 1.82) is 0 Å². The Bertz CT molecular complexity index is 1140. The molecular formula is C22H22F2N2O5S. The van der Waals surface area contributed by atoms with Crippen LogP contribution in [-0.4, -0.2) is 57.1 Å². The topological polar surface area (TPSA) is 88.8 Å². The summed E-state index contributed by atoms with van der Waals surface area (Å²) in [5.41, 5.74) is -1.24. The average Bonchev–Trinajstić information content (AvgIpc) is 3.17. The van der Waals surface area contributed by atoms with Crippen LogP contribution in [0.15, 0.2) is 29.2 Å². The first-order valence-corrected chi connectivity index (χ1v) is 11.6. The Morgan fingerprint density at radius 2 is 2.09 bits per heavy atom. The van der Waals surface area contributed by atoms with Gasteiger partial charge in [-0.25, -0.2) is 8.78 Å². The van der Waals surface area contributed by atoms with Crippen LogP contribution in [0.5, 0.6) is 5.75 Å². The number of pyridine rings is 1. The summed E-state index contributed by atoms with van der Waals surface area (Å²) >= 11 is 1.65. The SMILES string of the molecule is CSCC[C@H]1CO[C@@H]2Cn3cc(C(=O)CCc4ccc(F)cc4F)c(=O)c(O)c3C(=O)N12. The van der Waals surface area contributed by atoms with E-state index in [1.807, 2.05) is 6.26 Å². The van der Waals surface area contributed by atoms with Crippen LogP contribution in [0, 0.1) is 11.6 Å². The van der Waals surface area contributed by atoms with Crippen LogP contribution in [0.4, 0.5) is 8.78 Å². The molecule has 1 N–H and O–H groups in total. The second kappa shape index (κ2) is 9.03. The van der Waals surface area contributed by atoms with Crippen molar-refractivity contribution in [3.05, 3.63) is 63.1 Å². The number of Topliss-reactive ketones (excluding diaryl/α,β-unsaturated/α-hetero) is 1. The molecule has 0 unspecified atom stereocenters. The Balaban J connectivity index is 1.58. The summed E-state index contributed by atoms with van der Waals surface area (Å²) in [4.78, 5) is 40.0. The molecule has 0 spiro atoms. The zero-order valence-electron chi connectivity index (χ0n) is 17.3. The number of rotatable bonds is 7. The molecule has 7 nitrogen and oxygen atoms in total. The lowest BCUT2D eigenvalue weighted by Gasteiger charge is -2.34. The average molecular weight is 464 g/mol. The van der Waals surface area contributed by atoms with Gasteiger partial charge < -0.3 is 19.3 Å². The van der Waals surface area contributed by atoms with Crippen LogP contribution < -0.4 is 5.43 Å². The second-order valence-electron chi connectivity index (χ2n) is 7.82. The maximum atomic E-state index is 13.8. The number of hydrogen-bond donors (Lipinski definition) is 1. The van der Waals surface area contributed by atoms with E-state index in [-0.39, 0.29) is 42.2 Å². The van der Waals surface area contributed by atoms with Crippen LogP contribution in [-0.2, 0) is 17.7 Å². The lowest BCUT2D eigenvalue weighted by molar-refractivity contribution is 0.00567. The van der Waals surface area contributed by atoms with Gasteiger partial charge in [-0.2, -0.15) is 11.8 Å². The van der Waals surface area contributed by atoms with Gasteiger partial charge in [0.15, 0.2) is 23.5 Å². The van der Waals surface area contributed by atoms with E-state index in [9.17, 15) is 28.3 Å². The molecule has 1 aromatic heterocycles. The van der Waals surface area contributed by atoms with Crippen molar-refractivity contribution in [2.45, 2.75) is 38.1 Å². The number of halogens is 2. The summed E-state index contributed by atoms with van der Waals surface area (Å²) < 4.78 is 34.0. The molecule has 170 valence electrons. The molecule has 3 heterocycles. The smallest absolute Gasteiger partial charge is 0.276 e. The lowest BCUT2D eigenvalue weighted by Crippen LogP contribution is -2.49. The van der Waals surface area contributed by atoms with Gasteiger partial charge in [-0.3, -0.25) is 14.4 Å². The molecule has 10 heteroatoms. The molecule has 1 fully saturated rings. The van der Waals surface area contributed by atoms with E-state index in [0.717, 1.165) is 24.3 Å². The number of ketones is 1. The van der Waals surface area contributed by atoms with Crippen LogP contribution in [0.2, 0.25) is 0 Å². The summed E-state index contributed by atoms with van der Waals surface area (Å²) in [5, 5.41) is 10.5. The molecule has 0 bridgehead atoms. The molecule has 1 aromatic carbocycles. The van der Waals surface area contributed by atoms with Gasteiger partial charge in [0.2, 0.25) is 5.43 Å².